The van der Waals surface area contributed by atoms with Gasteiger partial charge >= 0.3 is 0 Å². The summed E-state index contributed by atoms with van der Waals surface area (Å²) in [5.74, 6) is 0.301. The molecule has 1 aromatic carbocycles. The number of hydrogen-bond donors (Lipinski definition) is 2. The zero-order valence-electron chi connectivity index (χ0n) is 6.05. The highest BCUT2D eigenvalue weighted by molar-refractivity contribution is 5.44. The third-order valence-electron chi connectivity index (χ3n) is 1.50. The average Bonchev–Trinajstić information content (AvgIpc) is 1.82. The number of aryl methyl sites for hydroxylation is 1. The van der Waals surface area contributed by atoms with Gasteiger partial charge in [-0.05, 0) is 31.5 Å². The molecule has 1 rings (SSSR count). The van der Waals surface area contributed by atoms with Gasteiger partial charge < -0.3 is 10.2 Å². The summed E-state index contributed by atoms with van der Waals surface area (Å²) in [4.78, 5) is 0. The molecule has 2 nitrogen and oxygen atoms in total. The lowest BCUT2D eigenvalue weighted by Gasteiger charge is -2.01. The standard InChI is InChI=1S/C8H10O2/c1-5-3-7(9)6(2)8(10)4-5/h3-4,9-10H,1-2H3. The molecule has 0 aliphatic heterocycles. The molecule has 0 radical (unpaired) electrons. The molecule has 0 fully saturated rings. The van der Waals surface area contributed by atoms with Crippen LogP contribution >= 0.6 is 0 Å². The Morgan fingerprint density at radius 2 is 1.40 bits per heavy atom. The third-order valence-corrected chi connectivity index (χ3v) is 1.50. The molecule has 0 atom stereocenters. The fraction of sp³-hybridized carbons (Fsp3) is 0.250. The van der Waals surface area contributed by atoms with Crippen molar-refractivity contribution in [2.24, 2.45) is 0 Å². The van der Waals surface area contributed by atoms with E-state index in [0.29, 0.717) is 5.56 Å². The zero-order chi connectivity index (χ0) is 7.72. The van der Waals surface area contributed by atoms with E-state index in [1.54, 1.807) is 19.1 Å². The van der Waals surface area contributed by atoms with E-state index in [1.165, 1.54) is 0 Å². The van der Waals surface area contributed by atoms with E-state index in [1.807, 2.05) is 6.92 Å². The first-order valence-electron chi connectivity index (χ1n) is 3.10. The van der Waals surface area contributed by atoms with Crippen LogP contribution in [0.3, 0.4) is 0 Å². The van der Waals surface area contributed by atoms with Crippen LogP contribution in [-0.4, -0.2) is 10.2 Å². The summed E-state index contributed by atoms with van der Waals surface area (Å²) >= 11 is 0. The van der Waals surface area contributed by atoms with Crippen molar-refractivity contribution in [2.45, 2.75) is 13.8 Å². The summed E-state index contributed by atoms with van der Waals surface area (Å²) < 4.78 is 0. The summed E-state index contributed by atoms with van der Waals surface area (Å²) in [6.07, 6.45) is 0. The first kappa shape index (κ1) is 6.93. The number of phenols is 2. The van der Waals surface area contributed by atoms with Crippen molar-refractivity contribution in [2.75, 3.05) is 0 Å². The van der Waals surface area contributed by atoms with Crippen LogP contribution < -0.4 is 0 Å². The Morgan fingerprint density at radius 3 is 1.80 bits per heavy atom. The van der Waals surface area contributed by atoms with Crippen molar-refractivity contribution in [3.05, 3.63) is 23.3 Å². The van der Waals surface area contributed by atoms with Gasteiger partial charge in [0.05, 0.1) is 0 Å². The van der Waals surface area contributed by atoms with E-state index in [2.05, 4.69) is 0 Å². The van der Waals surface area contributed by atoms with Gasteiger partial charge in [-0.1, -0.05) is 0 Å². The maximum atomic E-state index is 9.12. The summed E-state index contributed by atoms with van der Waals surface area (Å²) in [5.41, 5.74) is 1.39. The highest BCUT2D eigenvalue weighted by Gasteiger charge is 2.01. The van der Waals surface area contributed by atoms with Crippen LogP contribution in [0.15, 0.2) is 12.1 Å². The molecule has 0 spiro atoms. The number of benzene rings is 1. The molecule has 2 N–H and O–H groups in total. The van der Waals surface area contributed by atoms with E-state index < -0.39 is 0 Å². The summed E-state index contributed by atoms with van der Waals surface area (Å²) in [5, 5.41) is 18.2. The molecule has 0 bridgehead atoms. The maximum absolute atomic E-state index is 9.12. The topological polar surface area (TPSA) is 40.5 Å². The molecule has 0 aliphatic rings. The highest BCUT2D eigenvalue weighted by atomic mass is 16.3. The minimum atomic E-state index is 0.150. The van der Waals surface area contributed by atoms with Gasteiger partial charge in [-0.15, -0.1) is 0 Å². The molecule has 0 aromatic heterocycles. The van der Waals surface area contributed by atoms with Crippen LogP contribution in [0.25, 0.3) is 0 Å². The molecular weight excluding hydrogens is 128 g/mol. The van der Waals surface area contributed by atoms with Gasteiger partial charge in [0.25, 0.3) is 0 Å². The second-order valence-electron chi connectivity index (χ2n) is 2.43. The van der Waals surface area contributed by atoms with Crippen molar-refractivity contribution < 1.29 is 10.2 Å². The zero-order valence-corrected chi connectivity index (χ0v) is 6.05. The Bertz CT molecular complexity index is 230. The van der Waals surface area contributed by atoms with Gasteiger partial charge in [-0.25, -0.2) is 0 Å². The van der Waals surface area contributed by atoms with Crippen molar-refractivity contribution >= 4 is 0 Å². The van der Waals surface area contributed by atoms with E-state index >= 15 is 0 Å². The summed E-state index contributed by atoms with van der Waals surface area (Å²) in [6.45, 7) is 3.49. The van der Waals surface area contributed by atoms with Gasteiger partial charge in [0.1, 0.15) is 11.5 Å². The van der Waals surface area contributed by atoms with Crippen molar-refractivity contribution in [1.82, 2.24) is 0 Å². The average molecular weight is 138 g/mol. The van der Waals surface area contributed by atoms with Gasteiger partial charge in [0, 0.05) is 5.56 Å². The maximum Gasteiger partial charge on any atom is 0.122 e. The molecule has 0 aliphatic carbocycles. The number of aromatic hydroxyl groups is 2. The van der Waals surface area contributed by atoms with Crippen molar-refractivity contribution in [3.63, 3.8) is 0 Å². The van der Waals surface area contributed by atoms with Gasteiger partial charge in [-0.2, -0.15) is 0 Å². The Morgan fingerprint density at radius 1 is 1.00 bits per heavy atom. The molecule has 1 aromatic rings. The van der Waals surface area contributed by atoms with Gasteiger partial charge in [0.15, 0.2) is 0 Å². The van der Waals surface area contributed by atoms with E-state index in [4.69, 9.17) is 10.2 Å². The minimum absolute atomic E-state index is 0.150. The Balaban J connectivity index is 3.31. The van der Waals surface area contributed by atoms with Crippen LogP contribution in [0, 0.1) is 13.8 Å². The van der Waals surface area contributed by atoms with E-state index in [0.717, 1.165) is 5.56 Å². The lowest BCUT2D eigenvalue weighted by Crippen LogP contribution is -1.78. The lowest BCUT2D eigenvalue weighted by molar-refractivity contribution is 0.442. The predicted molar refractivity (Wildman–Crippen MR) is 39.2 cm³/mol. The monoisotopic (exact) mass is 138 g/mol. The second kappa shape index (κ2) is 2.21. The number of hydrogen-bond acceptors (Lipinski definition) is 2. The van der Waals surface area contributed by atoms with Crippen LogP contribution in [0.4, 0.5) is 0 Å². The fourth-order valence-electron chi connectivity index (χ4n) is 0.821. The SMILES string of the molecule is Cc1cc(O)c(C)c(O)c1. The molecule has 2 heteroatoms. The van der Waals surface area contributed by atoms with Gasteiger partial charge in [-0.3, -0.25) is 0 Å². The van der Waals surface area contributed by atoms with Crippen molar-refractivity contribution in [1.29, 1.82) is 0 Å². The quantitative estimate of drug-likeness (QED) is 0.573. The van der Waals surface area contributed by atoms with Crippen LogP contribution in [0.5, 0.6) is 11.5 Å². The Labute approximate surface area is 59.7 Å². The Kier molecular flexibility index (Phi) is 1.53. The van der Waals surface area contributed by atoms with Crippen LogP contribution in [-0.2, 0) is 0 Å². The molecule has 0 saturated heterocycles. The lowest BCUT2D eigenvalue weighted by atomic mass is 10.1. The second-order valence-corrected chi connectivity index (χ2v) is 2.43. The highest BCUT2D eigenvalue weighted by Crippen LogP contribution is 2.26. The Hall–Kier alpha value is -1.18. The molecule has 10 heavy (non-hydrogen) atoms. The molecule has 54 valence electrons. The summed E-state index contributed by atoms with van der Waals surface area (Å²) in [7, 11) is 0. The van der Waals surface area contributed by atoms with E-state index in [9.17, 15) is 0 Å². The smallest absolute Gasteiger partial charge is 0.122 e. The molecule has 0 saturated carbocycles. The largest absolute Gasteiger partial charge is 0.508 e. The number of phenolic OH excluding ortho intramolecular Hbond substituents is 2. The normalized spacial score (nSPS) is 9.80. The molecule has 0 heterocycles. The van der Waals surface area contributed by atoms with E-state index in [-0.39, 0.29) is 11.5 Å². The predicted octanol–water partition coefficient (Wildman–Crippen LogP) is 1.71. The summed E-state index contributed by atoms with van der Waals surface area (Å²) in [6, 6.07) is 3.24. The van der Waals surface area contributed by atoms with Crippen LogP contribution in [0.1, 0.15) is 11.1 Å². The fourth-order valence-corrected chi connectivity index (χ4v) is 0.821. The van der Waals surface area contributed by atoms with Crippen molar-refractivity contribution in [3.8, 4) is 11.5 Å². The molecule has 0 amide bonds. The molecular formula is C8H10O2. The van der Waals surface area contributed by atoms with Gasteiger partial charge in [0.2, 0.25) is 0 Å². The third kappa shape index (κ3) is 1.05. The van der Waals surface area contributed by atoms with Crippen LogP contribution in [0.2, 0.25) is 0 Å². The number of rotatable bonds is 0. The first-order valence-corrected chi connectivity index (χ1v) is 3.10. The first-order chi connectivity index (χ1) is 4.61. The minimum Gasteiger partial charge on any atom is -0.508 e. The molecule has 0 unspecified atom stereocenters.